The molecule has 0 fully saturated rings. The number of ether oxygens (including phenoxy) is 1. The van der Waals surface area contributed by atoms with Crippen LogP contribution in [0.3, 0.4) is 0 Å². The van der Waals surface area contributed by atoms with Crippen LogP contribution in [-0.2, 0) is 9.53 Å². The maximum atomic E-state index is 10.8. The molecule has 0 aromatic heterocycles. The highest BCUT2D eigenvalue weighted by molar-refractivity contribution is 5.75. The van der Waals surface area contributed by atoms with Gasteiger partial charge in [0.25, 0.3) is 0 Å². The van der Waals surface area contributed by atoms with Crippen molar-refractivity contribution in [3.63, 3.8) is 0 Å². The van der Waals surface area contributed by atoms with Gasteiger partial charge in [-0.1, -0.05) is 12.2 Å². The number of aliphatic hydroxyl groups excluding tert-OH is 1. The van der Waals surface area contributed by atoms with E-state index in [-0.39, 0.29) is 5.97 Å². The SMILES string of the molecule is COC(=O)C1C=CCC1O. The molecule has 2 atom stereocenters. The Labute approximate surface area is 59.3 Å². The topological polar surface area (TPSA) is 46.5 Å². The van der Waals surface area contributed by atoms with E-state index in [0.29, 0.717) is 6.42 Å². The summed E-state index contributed by atoms with van der Waals surface area (Å²) in [6, 6.07) is 0. The summed E-state index contributed by atoms with van der Waals surface area (Å²) in [5, 5.41) is 9.13. The quantitative estimate of drug-likeness (QED) is 0.417. The van der Waals surface area contributed by atoms with Crippen molar-refractivity contribution in [1.82, 2.24) is 0 Å². The molecule has 56 valence electrons. The third kappa shape index (κ3) is 1.19. The van der Waals surface area contributed by atoms with Crippen LogP contribution in [0.4, 0.5) is 0 Å². The van der Waals surface area contributed by atoms with Gasteiger partial charge in [0, 0.05) is 0 Å². The third-order valence-electron chi connectivity index (χ3n) is 1.61. The van der Waals surface area contributed by atoms with E-state index in [2.05, 4.69) is 4.74 Å². The van der Waals surface area contributed by atoms with Crippen molar-refractivity contribution < 1.29 is 14.6 Å². The van der Waals surface area contributed by atoms with E-state index in [1.165, 1.54) is 7.11 Å². The zero-order valence-electron chi connectivity index (χ0n) is 5.78. The van der Waals surface area contributed by atoms with E-state index in [9.17, 15) is 4.79 Å². The first-order chi connectivity index (χ1) is 4.75. The summed E-state index contributed by atoms with van der Waals surface area (Å²) in [5.74, 6) is -0.800. The molecule has 0 saturated heterocycles. The second kappa shape index (κ2) is 2.84. The number of hydrogen-bond acceptors (Lipinski definition) is 3. The molecule has 1 N–H and O–H groups in total. The fourth-order valence-electron chi connectivity index (χ4n) is 1.01. The predicted molar refractivity (Wildman–Crippen MR) is 35.3 cm³/mol. The Morgan fingerprint density at radius 2 is 2.50 bits per heavy atom. The molecule has 0 radical (unpaired) electrons. The second-order valence-electron chi connectivity index (χ2n) is 2.28. The molecule has 1 aliphatic rings. The van der Waals surface area contributed by atoms with Crippen LogP contribution < -0.4 is 0 Å². The number of carbonyl (C=O) groups excluding carboxylic acids is 1. The average Bonchev–Trinajstić information content (AvgIpc) is 2.34. The van der Waals surface area contributed by atoms with E-state index in [1.807, 2.05) is 0 Å². The van der Waals surface area contributed by atoms with Crippen molar-refractivity contribution in [2.45, 2.75) is 12.5 Å². The molecule has 0 aromatic carbocycles. The van der Waals surface area contributed by atoms with Gasteiger partial charge in [0.1, 0.15) is 5.92 Å². The van der Waals surface area contributed by atoms with Gasteiger partial charge in [-0.2, -0.15) is 0 Å². The minimum absolute atomic E-state index is 0.360. The lowest BCUT2D eigenvalue weighted by atomic mass is 10.1. The minimum Gasteiger partial charge on any atom is -0.468 e. The maximum Gasteiger partial charge on any atom is 0.315 e. The Hall–Kier alpha value is -0.830. The molecular formula is C7H10O3. The highest BCUT2D eigenvalue weighted by atomic mass is 16.5. The Bertz CT molecular complexity index is 162. The van der Waals surface area contributed by atoms with Gasteiger partial charge in [-0.05, 0) is 6.42 Å². The van der Waals surface area contributed by atoms with Crippen LogP contribution in [0.25, 0.3) is 0 Å². The molecule has 0 amide bonds. The molecule has 1 rings (SSSR count). The minimum atomic E-state index is -0.576. The molecule has 0 spiro atoms. The van der Waals surface area contributed by atoms with Crippen LogP contribution in [0.1, 0.15) is 6.42 Å². The first-order valence-corrected chi connectivity index (χ1v) is 3.18. The van der Waals surface area contributed by atoms with Gasteiger partial charge in [0.05, 0.1) is 13.2 Å². The zero-order chi connectivity index (χ0) is 7.56. The van der Waals surface area contributed by atoms with Gasteiger partial charge < -0.3 is 9.84 Å². The average molecular weight is 142 g/mol. The lowest BCUT2D eigenvalue weighted by Gasteiger charge is -2.09. The van der Waals surface area contributed by atoms with Crippen LogP contribution in [0.5, 0.6) is 0 Å². The Kier molecular flexibility index (Phi) is 2.06. The molecule has 0 aliphatic heterocycles. The van der Waals surface area contributed by atoms with Gasteiger partial charge in [0.2, 0.25) is 0 Å². The van der Waals surface area contributed by atoms with Crippen LogP contribution in [0, 0.1) is 5.92 Å². The van der Waals surface area contributed by atoms with Gasteiger partial charge in [0.15, 0.2) is 0 Å². The predicted octanol–water partition coefficient (Wildman–Crippen LogP) is 0.0964. The number of rotatable bonds is 1. The number of hydrogen-bond donors (Lipinski definition) is 1. The van der Waals surface area contributed by atoms with Gasteiger partial charge in [-0.3, -0.25) is 4.79 Å². The summed E-state index contributed by atoms with van der Waals surface area (Å²) in [6.45, 7) is 0. The number of methoxy groups -OCH3 is 1. The lowest BCUT2D eigenvalue weighted by Crippen LogP contribution is -2.23. The fraction of sp³-hybridized carbons (Fsp3) is 0.571. The third-order valence-corrected chi connectivity index (χ3v) is 1.61. The van der Waals surface area contributed by atoms with Crippen molar-refractivity contribution in [3.8, 4) is 0 Å². The van der Waals surface area contributed by atoms with E-state index >= 15 is 0 Å². The van der Waals surface area contributed by atoms with Gasteiger partial charge in [-0.15, -0.1) is 0 Å². The Morgan fingerprint density at radius 1 is 1.80 bits per heavy atom. The summed E-state index contributed by atoms with van der Waals surface area (Å²) >= 11 is 0. The highest BCUT2D eigenvalue weighted by Crippen LogP contribution is 2.18. The van der Waals surface area contributed by atoms with Crippen LogP contribution in [0.2, 0.25) is 0 Å². The normalized spacial score (nSPS) is 30.6. The summed E-state index contributed by atoms with van der Waals surface area (Å²) in [6.07, 6.45) is 3.44. The van der Waals surface area contributed by atoms with Crippen LogP contribution in [-0.4, -0.2) is 24.3 Å². The van der Waals surface area contributed by atoms with E-state index in [1.54, 1.807) is 12.2 Å². The van der Waals surface area contributed by atoms with Crippen molar-refractivity contribution in [2.75, 3.05) is 7.11 Å². The smallest absolute Gasteiger partial charge is 0.315 e. The first-order valence-electron chi connectivity index (χ1n) is 3.18. The standard InChI is InChI=1S/C7H10O3/c1-10-7(9)5-3-2-4-6(5)8/h2-3,5-6,8H,4H2,1H3. The van der Waals surface area contributed by atoms with Crippen molar-refractivity contribution >= 4 is 5.97 Å². The van der Waals surface area contributed by atoms with Gasteiger partial charge >= 0.3 is 5.97 Å². The fourth-order valence-corrected chi connectivity index (χ4v) is 1.01. The molecule has 10 heavy (non-hydrogen) atoms. The number of esters is 1. The lowest BCUT2D eigenvalue weighted by molar-refractivity contribution is -0.146. The molecule has 0 aromatic rings. The van der Waals surface area contributed by atoms with E-state index in [4.69, 9.17) is 5.11 Å². The molecule has 0 bridgehead atoms. The second-order valence-corrected chi connectivity index (χ2v) is 2.28. The van der Waals surface area contributed by atoms with Crippen molar-refractivity contribution in [1.29, 1.82) is 0 Å². The molecular weight excluding hydrogens is 132 g/mol. The maximum absolute atomic E-state index is 10.8. The van der Waals surface area contributed by atoms with Crippen molar-refractivity contribution in [3.05, 3.63) is 12.2 Å². The first kappa shape index (κ1) is 7.28. The molecule has 1 aliphatic carbocycles. The van der Waals surface area contributed by atoms with E-state index < -0.39 is 12.0 Å². The Morgan fingerprint density at radius 3 is 2.90 bits per heavy atom. The summed E-state index contributed by atoms with van der Waals surface area (Å²) in [7, 11) is 1.32. The molecule has 3 nitrogen and oxygen atoms in total. The zero-order valence-corrected chi connectivity index (χ0v) is 5.78. The molecule has 0 saturated carbocycles. The number of aliphatic hydroxyl groups is 1. The van der Waals surface area contributed by atoms with Crippen molar-refractivity contribution in [2.24, 2.45) is 5.92 Å². The summed E-state index contributed by atoms with van der Waals surface area (Å²) in [4.78, 5) is 10.8. The van der Waals surface area contributed by atoms with Crippen LogP contribution in [0.15, 0.2) is 12.2 Å². The largest absolute Gasteiger partial charge is 0.468 e. The molecule has 0 heterocycles. The number of carbonyl (C=O) groups is 1. The van der Waals surface area contributed by atoms with Gasteiger partial charge in [-0.25, -0.2) is 0 Å². The Balaban J connectivity index is 2.55. The van der Waals surface area contributed by atoms with E-state index in [0.717, 1.165) is 0 Å². The van der Waals surface area contributed by atoms with Crippen LogP contribution >= 0.6 is 0 Å². The molecule has 2 unspecified atom stereocenters. The summed E-state index contributed by atoms with van der Waals surface area (Å²) < 4.78 is 4.45. The molecule has 3 heteroatoms. The summed E-state index contributed by atoms with van der Waals surface area (Å²) in [5.41, 5.74) is 0. The monoisotopic (exact) mass is 142 g/mol. The highest BCUT2D eigenvalue weighted by Gasteiger charge is 2.27.